The molecule has 108 valence electrons. The number of carboxylic acid groups (broad SMARTS) is 1. The largest absolute Gasteiger partial charge is 0.481 e. The number of hydrogen-bond donors (Lipinski definition) is 2. The quantitative estimate of drug-likeness (QED) is 0.850. The van der Waals surface area contributed by atoms with E-state index < -0.39 is 5.97 Å². The molecular formula is C15H19BrN2O2. The molecule has 0 saturated heterocycles. The van der Waals surface area contributed by atoms with Crippen LogP contribution in [0.15, 0.2) is 22.7 Å². The molecule has 0 fully saturated rings. The molecule has 4 nitrogen and oxygen atoms in total. The maximum atomic E-state index is 11.0. The van der Waals surface area contributed by atoms with E-state index >= 15 is 0 Å². The van der Waals surface area contributed by atoms with E-state index in [4.69, 9.17) is 10.4 Å². The topological polar surface area (TPSA) is 73.1 Å². The number of aliphatic carboxylic acids is 1. The van der Waals surface area contributed by atoms with Crippen LogP contribution in [0.5, 0.6) is 0 Å². The van der Waals surface area contributed by atoms with E-state index in [1.54, 1.807) is 18.2 Å². The Morgan fingerprint density at radius 3 is 2.60 bits per heavy atom. The Morgan fingerprint density at radius 1 is 1.50 bits per heavy atom. The van der Waals surface area contributed by atoms with Crippen LogP contribution in [-0.2, 0) is 4.79 Å². The lowest BCUT2D eigenvalue weighted by molar-refractivity contribution is -0.137. The number of halogens is 1. The van der Waals surface area contributed by atoms with Crippen molar-refractivity contribution >= 4 is 27.6 Å². The van der Waals surface area contributed by atoms with Crippen molar-refractivity contribution in [1.82, 2.24) is 0 Å². The van der Waals surface area contributed by atoms with E-state index in [1.165, 1.54) is 0 Å². The first-order valence-corrected chi connectivity index (χ1v) is 7.18. The molecule has 1 atom stereocenters. The predicted molar refractivity (Wildman–Crippen MR) is 82.6 cm³/mol. The zero-order valence-corrected chi connectivity index (χ0v) is 13.5. The molecule has 0 bridgehead atoms. The van der Waals surface area contributed by atoms with Crippen molar-refractivity contribution < 1.29 is 9.90 Å². The third-order valence-corrected chi connectivity index (χ3v) is 3.40. The van der Waals surface area contributed by atoms with E-state index in [0.717, 1.165) is 12.1 Å². The molecule has 0 radical (unpaired) electrons. The maximum Gasteiger partial charge on any atom is 0.305 e. The van der Waals surface area contributed by atoms with Crippen LogP contribution in [0.25, 0.3) is 0 Å². The second-order valence-electron chi connectivity index (χ2n) is 6.01. The van der Waals surface area contributed by atoms with Gasteiger partial charge in [-0.05, 0) is 46.0 Å². The van der Waals surface area contributed by atoms with Gasteiger partial charge in [0.25, 0.3) is 0 Å². The van der Waals surface area contributed by atoms with Crippen LogP contribution in [0.1, 0.15) is 39.2 Å². The molecule has 0 aliphatic rings. The van der Waals surface area contributed by atoms with Crippen LogP contribution < -0.4 is 5.32 Å². The molecular weight excluding hydrogens is 320 g/mol. The van der Waals surface area contributed by atoms with Crippen molar-refractivity contribution in [1.29, 1.82) is 5.26 Å². The van der Waals surface area contributed by atoms with Gasteiger partial charge in [0.2, 0.25) is 0 Å². The molecule has 1 aromatic carbocycles. The second kappa shape index (κ2) is 6.76. The fraction of sp³-hybridized carbons (Fsp3) is 0.467. The molecule has 0 aromatic heterocycles. The van der Waals surface area contributed by atoms with Gasteiger partial charge in [0, 0.05) is 16.2 Å². The van der Waals surface area contributed by atoms with E-state index in [9.17, 15) is 4.79 Å². The van der Waals surface area contributed by atoms with Crippen LogP contribution in [0.3, 0.4) is 0 Å². The Hall–Kier alpha value is -1.54. The van der Waals surface area contributed by atoms with Crippen LogP contribution in [0.4, 0.5) is 5.69 Å². The van der Waals surface area contributed by atoms with Gasteiger partial charge in [-0.3, -0.25) is 4.79 Å². The van der Waals surface area contributed by atoms with Crippen LogP contribution in [0, 0.1) is 16.7 Å². The van der Waals surface area contributed by atoms with Gasteiger partial charge in [-0.25, -0.2) is 0 Å². The zero-order valence-electron chi connectivity index (χ0n) is 11.9. The highest BCUT2D eigenvalue weighted by Crippen LogP contribution is 2.26. The number of anilines is 1. The van der Waals surface area contributed by atoms with Gasteiger partial charge in [0.05, 0.1) is 12.0 Å². The first-order chi connectivity index (χ1) is 9.21. The van der Waals surface area contributed by atoms with Crippen LogP contribution in [-0.4, -0.2) is 17.1 Å². The van der Waals surface area contributed by atoms with Crippen molar-refractivity contribution in [3.8, 4) is 6.07 Å². The van der Waals surface area contributed by atoms with Gasteiger partial charge in [-0.2, -0.15) is 5.26 Å². The lowest BCUT2D eigenvalue weighted by Crippen LogP contribution is -2.28. The zero-order chi connectivity index (χ0) is 15.3. The van der Waals surface area contributed by atoms with E-state index in [0.29, 0.717) is 10.0 Å². The monoisotopic (exact) mass is 338 g/mol. The van der Waals surface area contributed by atoms with Gasteiger partial charge in [-0.15, -0.1) is 0 Å². The number of nitriles is 1. The highest BCUT2D eigenvalue weighted by atomic mass is 79.9. The summed E-state index contributed by atoms with van der Waals surface area (Å²) >= 11 is 3.33. The molecule has 0 spiro atoms. The summed E-state index contributed by atoms with van der Waals surface area (Å²) in [6.45, 7) is 6.24. The van der Waals surface area contributed by atoms with Gasteiger partial charge in [0.1, 0.15) is 6.07 Å². The summed E-state index contributed by atoms with van der Waals surface area (Å²) in [6.07, 6.45) is 0.811. The Kier molecular flexibility index (Phi) is 5.58. The lowest BCUT2D eigenvalue weighted by Gasteiger charge is -2.26. The molecule has 20 heavy (non-hydrogen) atoms. The number of benzene rings is 1. The minimum absolute atomic E-state index is 0.0386. The molecule has 1 rings (SSSR count). The Balaban J connectivity index is 2.86. The molecule has 5 heteroatoms. The maximum absolute atomic E-state index is 11.0. The summed E-state index contributed by atoms with van der Waals surface area (Å²) in [5, 5.41) is 21.1. The summed E-state index contributed by atoms with van der Waals surface area (Å²) in [7, 11) is 0. The molecule has 1 aromatic rings. The van der Waals surface area contributed by atoms with Crippen molar-refractivity contribution in [2.45, 2.75) is 39.7 Å². The fourth-order valence-electron chi connectivity index (χ4n) is 2.06. The van der Waals surface area contributed by atoms with Crippen LogP contribution in [0.2, 0.25) is 0 Å². The average Bonchev–Trinajstić information content (AvgIpc) is 2.25. The van der Waals surface area contributed by atoms with Crippen molar-refractivity contribution in [2.75, 3.05) is 5.32 Å². The summed E-state index contributed by atoms with van der Waals surface area (Å²) < 4.78 is 0.704. The molecule has 0 aliphatic heterocycles. The fourth-order valence-corrected chi connectivity index (χ4v) is 2.52. The third-order valence-electron chi connectivity index (χ3n) is 2.74. The Bertz CT molecular complexity index is 530. The minimum atomic E-state index is -0.820. The minimum Gasteiger partial charge on any atom is -0.481 e. The smallest absolute Gasteiger partial charge is 0.305 e. The van der Waals surface area contributed by atoms with Crippen molar-refractivity contribution in [3.05, 3.63) is 28.2 Å². The third kappa shape index (κ3) is 5.62. The summed E-state index contributed by atoms with van der Waals surface area (Å²) in [4.78, 5) is 11.0. The first kappa shape index (κ1) is 16.5. The SMILES string of the molecule is CC(C)(C)CC(CC(=O)O)Nc1ccc(C#N)c(Br)c1. The number of rotatable bonds is 5. The van der Waals surface area contributed by atoms with Crippen molar-refractivity contribution in [2.24, 2.45) is 5.41 Å². The summed E-state index contributed by atoms with van der Waals surface area (Å²) in [5.74, 6) is -0.820. The van der Waals surface area contributed by atoms with E-state index in [2.05, 4.69) is 48.1 Å². The molecule has 1 unspecified atom stereocenters. The average molecular weight is 339 g/mol. The summed E-state index contributed by atoms with van der Waals surface area (Å²) in [5.41, 5.74) is 1.41. The Labute approximate surface area is 127 Å². The molecule has 0 saturated carbocycles. The van der Waals surface area contributed by atoms with Crippen molar-refractivity contribution in [3.63, 3.8) is 0 Å². The number of carbonyl (C=O) groups is 1. The van der Waals surface area contributed by atoms with E-state index in [1.807, 2.05) is 0 Å². The first-order valence-electron chi connectivity index (χ1n) is 6.39. The summed E-state index contributed by atoms with van der Waals surface area (Å²) in [6, 6.07) is 7.24. The molecule has 0 aliphatic carbocycles. The van der Waals surface area contributed by atoms with Crippen LogP contribution >= 0.6 is 15.9 Å². The highest BCUT2D eigenvalue weighted by Gasteiger charge is 2.21. The molecule has 0 heterocycles. The highest BCUT2D eigenvalue weighted by molar-refractivity contribution is 9.10. The predicted octanol–water partition coefficient (Wildman–Crippen LogP) is 4.01. The standard InChI is InChI=1S/C15H19BrN2O2/c1-15(2,3)8-12(7-14(19)20)18-11-5-4-10(9-17)13(16)6-11/h4-6,12,18H,7-8H2,1-3H3,(H,19,20). The Morgan fingerprint density at radius 2 is 2.15 bits per heavy atom. The molecule has 2 N–H and O–H groups in total. The number of nitrogens with zero attached hydrogens (tertiary/aromatic N) is 1. The number of nitrogens with one attached hydrogen (secondary N) is 1. The van der Waals surface area contributed by atoms with Gasteiger partial charge >= 0.3 is 5.97 Å². The normalized spacial score (nSPS) is 12.6. The van der Waals surface area contributed by atoms with Gasteiger partial charge < -0.3 is 10.4 Å². The van der Waals surface area contributed by atoms with E-state index in [-0.39, 0.29) is 17.9 Å². The second-order valence-corrected chi connectivity index (χ2v) is 6.86. The number of carboxylic acids is 1. The number of hydrogen-bond acceptors (Lipinski definition) is 3. The van der Waals surface area contributed by atoms with Gasteiger partial charge in [-0.1, -0.05) is 20.8 Å². The van der Waals surface area contributed by atoms with Gasteiger partial charge in [0.15, 0.2) is 0 Å². The lowest BCUT2D eigenvalue weighted by atomic mass is 9.87. The molecule has 0 amide bonds.